The minimum absolute atomic E-state index is 0.707. The summed E-state index contributed by atoms with van der Waals surface area (Å²) < 4.78 is 0. The third-order valence-corrected chi connectivity index (χ3v) is 2.03. The van der Waals surface area contributed by atoms with E-state index in [9.17, 15) is 0 Å². The summed E-state index contributed by atoms with van der Waals surface area (Å²) in [5, 5.41) is 1.71. The maximum atomic E-state index is 5.82. The van der Waals surface area contributed by atoms with Crippen molar-refractivity contribution in [2.24, 2.45) is 0 Å². The fourth-order valence-corrected chi connectivity index (χ4v) is 1.38. The maximum absolute atomic E-state index is 5.82. The Morgan fingerprint density at radius 2 is 2.25 bits per heavy atom. The van der Waals surface area contributed by atoms with E-state index in [2.05, 4.69) is 10.9 Å². The summed E-state index contributed by atoms with van der Waals surface area (Å²) in [6, 6.07) is 5.61. The van der Waals surface area contributed by atoms with Crippen molar-refractivity contribution in [2.75, 3.05) is 0 Å². The van der Waals surface area contributed by atoms with Gasteiger partial charge in [0.1, 0.15) is 0 Å². The average Bonchev–Trinajstić information content (AvgIpc) is 2.46. The summed E-state index contributed by atoms with van der Waals surface area (Å²) in [6.07, 6.45) is 7.10. The summed E-state index contributed by atoms with van der Waals surface area (Å²) in [4.78, 5) is 3.07. The number of hydrogen-bond acceptors (Lipinski definition) is 0. The standard InChI is InChI=1S/C10H6ClN/c1-2-7-6-12-10-4-3-8(11)5-9(7)10/h1,3-6,12H. The molecule has 58 valence electrons. The Balaban J connectivity index is 2.86. The number of fused-ring (bicyclic) bond motifs is 1. The minimum Gasteiger partial charge on any atom is -0.360 e. The van der Waals surface area contributed by atoms with Crippen molar-refractivity contribution >= 4 is 22.5 Å². The first-order valence-electron chi connectivity index (χ1n) is 3.54. The monoisotopic (exact) mass is 175 g/mol. The fourth-order valence-electron chi connectivity index (χ4n) is 1.21. The van der Waals surface area contributed by atoms with Crippen molar-refractivity contribution in [3.63, 3.8) is 0 Å². The molecule has 0 aliphatic heterocycles. The summed E-state index contributed by atoms with van der Waals surface area (Å²) in [5.41, 5.74) is 1.87. The van der Waals surface area contributed by atoms with E-state index in [0.717, 1.165) is 16.5 Å². The first-order valence-corrected chi connectivity index (χ1v) is 3.92. The Kier molecular flexibility index (Phi) is 1.56. The summed E-state index contributed by atoms with van der Waals surface area (Å²) in [6.45, 7) is 0. The van der Waals surface area contributed by atoms with Crippen LogP contribution in [0.1, 0.15) is 5.56 Å². The molecule has 2 rings (SSSR count). The first-order chi connectivity index (χ1) is 5.81. The lowest BCUT2D eigenvalue weighted by atomic mass is 10.2. The molecule has 1 N–H and O–H groups in total. The lowest BCUT2D eigenvalue weighted by Gasteiger charge is -1.90. The number of H-pyrrole nitrogens is 1. The molecular formula is C10H6ClN. The SMILES string of the molecule is C#Cc1c[nH]c2ccc(Cl)cc12. The van der Waals surface area contributed by atoms with Crippen LogP contribution in [0.5, 0.6) is 0 Å². The highest BCUT2D eigenvalue weighted by Crippen LogP contribution is 2.21. The zero-order chi connectivity index (χ0) is 8.55. The molecule has 2 aromatic rings. The summed E-state index contributed by atoms with van der Waals surface area (Å²) in [7, 11) is 0. The van der Waals surface area contributed by atoms with Crippen LogP contribution in [-0.2, 0) is 0 Å². The Hall–Kier alpha value is -1.39. The van der Waals surface area contributed by atoms with E-state index in [1.54, 1.807) is 6.20 Å². The van der Waals surface area contributed by atoms with E-state index in [4.69, 9.17) is 18.0 Å². The van der Waals surface area contributed by atoms with Gasteiger partial charge in [0, 0.05) is 27.7 Å². The molecule has 0 atom stereocenters. The topological polar surface area (TPSA) is 15.8 Å². The average molecular weight is 176 g/mol. The zero-order valence-corrected chi connectivity index (χ0v) is 7.02. The molecule has 0 amide bonds. The van der Waals surface area contributed by atoms with Gasteiger partial charge in [0.2, 0.25) is 0 Å². The van der Waals surface area contributed by atoms with Crippen LogP contribution in [0.15, 0.2) is 24.4 Å². The van der Waals surface area contributed by atoms with E-state index >= 15 is 0 Å². The number of nitrogens with one attached hydrogen (secondary N) is 1. The highest BCUT2D eigenvalue weighted by Gasteiger charge is 2.00. The fraction of sp³-hybridized carbons (Fsp3) is 0. The van der Waals surface area contributed by atoms with Crippen LogP contribution >= 0.6 is 11.6 Å². The van der Waals surface area contributed by atoms with Gasteiger partial charge < -0.3 is 4.98 Å². The van der Waals surface area contributed by atoms with Crippen LogP contribution < -0.4 is 0 Å². The number of terminal acetylenes is 1. The van der Waals surface area contributed by atoms with Crippen LogP contribution in [0.4, 0.5) is 0 Å². The van der Waals surface area contributed by atoms with E-state index in [0.29, 0.717) is 5.02 Å². The predicted octanol–water partition coefficient (Wildman–Crippen LogP) is 2.80. The predicted molar refractivity (Wildman–Crippen MR) is 51.2 cm³/mol. The molecule has 0 radical (unpaired) electrons. The molecule has 0 spiro atoms. The Morgan fingerprint density at radius 1 is 1.42 bits per heavy atom. The third-order valence-electron chi connectivity index (χ3n) is 1.80. The van der Waals surface area contributed by atoms with E-state index in [1.807, 2.05) is 18.2 Å². The molecule has 12 heavy (non-hydrogen) atoms. The van der Waals surface area contributed by atoms with Gasteiger partial charge in [-0.25, -0.2) is 0 Å². The van der Waals surface area contributed by atoms with Gasteiger partial charge in [-0.15, -0.1) is 6.42 Å². The first kappa shape index (κ1) is 7.27. The molecule has 0 aliphatic carbocycles. The molecule has 0 aliphatic rings. The molecule has 0 fully saturated rings. The Bertz CT molecular complexity index is 462. The van der Waals surface area contributed by atoms with Gasteiger partial charge in [0.25, 0.3) is 0 Å². The largest absolute Gasteiger partial charge is 0.360 e. The van der Waals surface area contributed by atoms with E-state index < -0.39 is 0 Å². The van der Waals surface area contributed by atoms with Crippen molar-refractivity contribution in [1.82, 2.24) is 4.98 Å². The van der Waals surface area contributed by atoms with Crippen molar-refractivity contribution in [3.05, 3.63) is 35.0 Å². The van der Waals surface area contributed by atoms with Crippen molar-refractivity contribution in [1.29, 1.82) is 0 Å². The number of aromatic nitrogens is 1. The smallest absolute Gasteiger partial charge is 0.0496 e. The molecule has 2 heteroatoms. The van der Waals surface area contributed by atoms with Gasteiger partial charge in [0.15, 0.2) is 0 Å². The van der Waals surface area contributed by atoms with E-state index in [1.165, 1.54) is 0 Å². The van der Waals surface area contributed by atoms with Crippen LogP contribution in [0, 0.1) is 12.3 Å². The number of rotatable bonds is 0. The van der Waals surface area contributed by atoms with Crippen LogP contribution in [-0.4, -0.2) is 4.98 Å². The van der Waals surface area contributed by atoms with Gasteiger partial charge in [0.05, 0.1) is 0 Å². The molecule has 1 aromatic carbocycles. The van der Waals surface area contributed by atoms with Crippen molar-refractivity contribution in [2.45, 2.75) is 0 Å². The number of halogens is 1. The van der Waals surface area contributed by atoms with Crippen LogP contribution in [0.3, 0.4) is 0 Å². The van der Waals surface area contributed by atoms with Crippen LogP contribution in [0.25, 0.3) is 10.9 Å². The lowest BCUT2D eigenvalue weighted by molar-refractivity contribution is 1.47. The van der Waals surface area contributed by atoms with Gasteiger partial charge >= 0.3 is 0 Å². The molecule has 0 unspecified atom stereocenters. The van der Waals surface area contributed by atoms with E-state index in [-0.39, 0.29) is 0 Å². The van der Waals surface area contributed by atoms with Crippen molar-refractivity contribution in [3.8, 4) is 12.3 Å². The molecule has 1 heterocycles. The quantitative estimate of drug-likeness (QED) is 0.593. The molecule has 0 bridgehead atoms. The second-order valence-electron chi connectivity index (χ2n) is 2.54. The molecule has 0 saturated heterocycles. The maximum Gasteiger partial charge on any atom is 0.0496 e. The van der Waals surface area contributed by atoms with Crippen molar-refractivity contribution < 1.29 is 0 Å². The highest BCUT2D eigenvalue weighted by atomic mass is 35.5. The summed E-state index contributed by atoms with van der Waals surface area (Å²) in [5.74, 6) is 2.59. The number of benzene rings is 1. The third kappa shape index (κ3) is 0.975. The van der Waals surface area contributed by atoms with Gasteiger partial charge in [-0.3, -0.25) is 0 Å². The molecular weight excluding hydrogens is 170 g/mol. The van der Waals surface area contributed by atoms with Gasteiger partial charge in [-0.1, -0.05) is 17.5 Å². The van der Waals surface area contributed by atoms with Gasteiger partial charge in [-0.05, 0) is 18.2 Å². The Labute approximate surface area is 75.4 Å². The van der Waals surface area contributed by atoms with Gasteiger partial charge in [-0.2, -0.15) is 0 Å². The highest BCUT2D eigenvalue weighted by molar-refractivity contribution is 6.31. The summed E-state index contributed by atoms with van der Waals surface area (Å²) >= 11 is 5.82. The molecule has 1 nitrogen and oxygen atoms in total. The molecule has 1 aromatic heterocycles. The second-order valence-corrected chi connectivity index (χ2v) is 2.97. The van der Waals surface area contributed by atoms with Crippen LogP contribution in [0.2, 0.25) is 5.02 Å². The Morgan fingerprint density at radius 3 is 3.00 bits per heavy atom. The normalized spacial score (nSPS) is 10.0. The number of aromatic amines is 1. The molecule has 0 saturated carbocycles. The number of hydrogen-bond donors (Lipinski definition) is 1. The minimum atomic E-state index is 0.707. The zero-order valence-electron chi connectivity index (χ0n) is 6.26. The lowest BCUT2D eigenvalue weighted by Crippen LogP contribution is -1.69. The second kappa shape index (κ2) is 2.58.